The van der Waals surface area contributed by atoms with Gasteiger partial charge in [0.25, 0.3) is 5.91 Å². The Labute approximate surface area is 194 Å². The number of aryl methyl sites for hydroxylation is 1. The molecule has 8 heteroatoms. The summed E-state index contributed by atoms with van der Waals surface area (Å²) in [5.74, 6) is -0.720. The first-order chi connectivity index (χ1) is 15.5. The summed E-state index contributed by atoms with van der Waals surface area (Å²) in [4.78, 5) is 17.0. The molecule has 0 radical (unpaired) electrons. The van der Waals surface area contributed by atoms with Gasteiger partial charge in [-0.05, 0) is 36.8 Å². The molecule has 0 unspecified atom stereocenters. The summed E-state index contributed by atoms with van der Waals surface area (Å²) < 4.78 is 15.9. The van der Waals surface area contributed by atoms with Gasteiger partial charge >= 0.3 is 0 Å². The highest BCUT2D eigenvalue weighted by Gasteiger charge is 2.13. The van der Waals surface area contributed by atoms with Crippen molar-refractivity contribution in [1.29, 1.82) is 0 Å². The van der Waals surface area contributed by atoms with Crippen LogP contribution in [0.2, 0.25) is 5.02 Å². The molecule has 3 aromatic carbocycles. The smallest absolute Gasteiger partial charge is 0.250 e. The molecule has 162 valence electrons. The average molecular weight is 467 g/mol. The summed E-state index contributed by atoms with van der Waals surface area (Å²) in [6.07, 6.45) is 1.20. The Morgan fingerprint density at radius 1 is 1.16 bits per heavy atom. The molecule has 1 heterocycles. The largest absolute Gasteiger partial charge is 0.314 e. The lowest BCUT2D eigenvalue weighted by Crippen LogP contribution is -2.20. The van der Waals surface area contributed by atoms with Crippen LogP contribution in [0.1, 0.15) is 16.7 Å². The van der Waals surface area contributed by atoms with E-state index in [0.29, 0.717) is 6.54 Å². The van der Waals surface area contributed by atoms with Crippen molar-refractivity contribution >= 4 is 46.5 Å². The second-order valence-electron chi connectivity index (χ2n) is 7.17. The summed E-state index contributed by atoms with van der Waals surface area (Å²) in [6, 6.07) is 20.6. The zero-order chi connectivity index (χ0) is 22.5. The van der Waals surface area contributed by atoms with Crippen molar-refractivity contribution in [2.75, 3.05) is 5.75 Å². The first-order valence-electron chi connectivity index (χ1n) is 9.91. The molecular formula is C24H20ClFN4OS. The lowest BCUT2D eigenvalue weighted by Gasteiger charge is -2.09. The van der Waals surface area contributed by atoms with Crippen molar-refractivity contribution in [2.24, 2.45) is 5.10 Å². The lowest BCUT2D eigenvalue weighted by atomic mass is 10.1. The van der Waals surface area contributed by atoms with E-state index in [0.717, 1.165) is 21.8 Å². The fourth-order valence-corrected chi connectivity index (χ4v) is 4.18. The number of benzene rings is 3. The van der Waals surface area contributed by atoms with Crippen LogP contribution < -0.4 is 5.43 Å². The third kappa shape index (κ3) is 5.18. The van der Waals surface area contributed by atoms with E-state index in [2.05, 4.69) is 51.3 Å². The highest BCUT2D eigenvalue weighted by molar-refractivity contribution is 7.99. The predicted octanol–water partition coefficient (Wildman–Crippen LogP) is 5.43. The molecule has 4 rings (SSSR count). The van der Waals surface area contributed by atoms with Crippen LogP contribution in [0.5, 0.6) is 0 Å². The van der Waals surface area contributed by atoms with E-state index in [9.17, 15) is 9.18 Å². The lowest BCUT2D eigenvalue weighted by molar-refractivity contribution is -0.118. The highest BCUT2D eigenvalue weighted by Crippen LogP contribution is 2.25. The van der Waals surface area contributed by atoms with Crippen LogP contribution in [-0.4, -0.2) is 27.4 Å². The average Bonchev–Trinajstić information content (AvgIpc) is 3.13. The van der Waals surface area contributed by atoms with E-state index < -0.39 is 5.82 Å². The molecule has 32 heavy (non-hydrogen) atoms. The fraction of sp³-hybridized carbons (Fsp3) is 0.125. The molecule has 1 N–H and O–H groups in total. The van der Waals surface area contributed by atoms with Gasteiger partial charge in [-0.2, -0.15) is 5.10 Å². The maximum absolute atomic E-state index is 13.8. The topological polar surface area (TPSA) is 59.3 Å². The van der Waals surface area contributed by atoms with Gasteiger partial charge in [-0.25, -0.2) is 14.8 Å². The van der Waals surface area contributed by atoms with E-state index in [1.165, 1.54) is 35.7 Å². The third-order valence-electron chi connectivity index (χ3n) is 4.80. The molecule has 5 nitrogen and oxygen atoms in total. The molecule has 1 aromatic heterocycles. The number of nitrogens with one attached hydrogen (secondary N) is 1. The van der Waals surface area contributed by atoms with E-state index in [1.807, 2.05) is 24.3 Å². The number of rotatable bonds is 7. The number of thioether (sulfide) groups is 1. The van der Waals surface area contributed by atoms with Crippen LogP contribution >= 0.6 is 23.4 Å². The van der Waals surface area contributed by atoms with Crippen LogP contribution in [0.3, 0.4) is 0 Å². The molecule has 4 aromatic rings. The van der Waals surface area contributed by atoms with Gasteiger partial charge < -0.3 is 4.57 Å². The second kappa shape index (κ2) is 9.97. The quantitative estimate of drug-likeness (QED) is 0.224. The van der Waals surface area contributed by atoms with Gasteiger partial charge in [-0.3, -0.25) is 4.79 Å². The summed E-state index contributed by atoms with van der Waals surface area (Å²) in [7, 11) is 0. The van der Waals surface area contributed by atoms with Crippen LogP contribution in [-0.2, 0) is 11.3 Å². The van der Waals surface area contributed by atoms with E-state index in [4.69, 9.17) is 11.6 Å². The molecule has 0 spiro atoms. The molecule has 1 amide bonds. The van der Waals surface area contributed by atoms with Gasteiger partial charge in [0.05, 0.1) is 34.6 Å². The zero-order valence-electron chi connectivity index (χ0n) is 17.3. The van der Waals surface area contributed by atoms with Gasteiger partial charge in [0, 0.05) is 5.56 Å². The Balaban J connectivity index is 1.46. The Morgan fingerprint density at radius 2 is 1.94 bits per heavy atom. The molecule has 0 fully saturated rings. The van der Waals surface area contributed by atoms with Crippen LogP contribution in [0.25, 0.3) is 11.0 Å². The normalized spacial score (nSPS) is 11.3. The Bertz CT molecular complexity index is 1270. The molecule has 0 saturated carbocycles. The number of halogens is 2. The number of aromatic nitrogens is 2. The third-order valence-corrected chi connectivity index (χ3v) is 6.10. The predicted molar refractivity (Wildman–Crippen MR) is 128 cm³/mol. The number of carbonyl (C=O) groups is 1. The fourth-order valence-electron chi connectivity index (χ4n) is 3.16. The van der Waals surface area contributed by atoms with Crippen molar-refractivity contribution in [1.82, 2.24) is 15.0 Å². The maximum Gasteiger partial charge on any atom is 0.250 e. The number of hydrogen-bond donors (Lipinski definition) is 1. The number of nitrogens with zero attached hydrogens (tertiary/aromatic N) is 3. The van der Waals surface area contributed by atoms with Crippen LogP contribution in [0.15, 0.2) is 77.0 Å². The number of imidazole rings is 1. The monoisotopic (exact) mass is 466 g/mol. The SMILES string of the molecule is Cc1ccc(Cn2c(SCC(=O)NN=Cc3c(F)cccc3Cl)nc3ccccc32)cc1. The molecule has 0 aliphatic heterocycles. The summed E-state index contributed by atoms with van der Waals surface area (Å²) in [5.41, 5.74) is 6.76. The molecule has 0 bridgehead atoms. The molecule has 0 aliphatic carbocycles. The summed E-state index contributed by atoms with van der Waals surface area (Å²) in [6.45, 7) is 2.70. The molecule has 0 saturated heterocycles. The first-order valence-corrected chi connectivity index (χ1v) is 11.3. The van der Waals surface area contributed by atoms with Gasteiger partial charge in [0.15, 0.2) is 5.16 Å². The van der Waals surface area contributed by atoms with E-state index in [-0.39, 0.29) is 22.2 Å². The highest BCUT2D eigenvalue weighted by atomic mass is 35.5. The van der Waals surface area contributed by atoms with Gasteiger partial charge in [-0.1, -0.05) is 71.4 Å². The van der Waals surface area contributed by atoms with Crippen LogP contribution in [0, 0.1) is 12.7 Å². The van der Waals surface area contributed by atoms with Gasteiger partial charge in [-0.15, -0.1) is 0 Å². The van der Waals surface area contributed by atoms with Crippen LogP contribution in [0.4, 0.5) is 4.39 Å². The van der Waals surface area contributed by atoms with Crippen molar-refractivity contribution in [3.05, 3.63) is 94.3 Å². The van der Waals surface area contributed by atoms with Crippen molar-refractivity contribution in [3.63, 3.8) is 0 Å². The van der Waals surface area contributed by atoms with Crippen molar-refractivity contribution in [3.8, 4) is 0 Å². The minimum atomic E-state index is -0.505. The number of amides is 1. The standard InChI is InChI=1S/C24H20ClFN4OS/c1-16-9-11-17(12-10-16)14-30-22-8-3-2-7-21(22)28-24(30)32-15-23(31)29-27-13-18-19(25)5-4-6-20(18)26/h2-13H,14-15H2,1H3,(H,29,31). The summed E-state index contributed by atoms with van der Waals surface area (Å²) >= 11 is 7.28. The second-order valence-corrected chi connectivity index (χ2v) is 8.52. The minimum Gasteiger partial charge on any atom is -0.314 e. The Hall–Kier alpha value is -3.16. The van der Waals surface area contributed by atoms with E-state index >= 15 is 0 Å². The molecule has 0 atom stereocenters. The molecular weight excluding hydrogens is 447 g/mol. The summed E-state index contributed by atoms with van der Waals surface area (Å²) in [5, 5.41) is 4.79. The van der Waals surface area contributed by atoms with Crippen molar-refractivity contribution < 1.29 is 9.18 Å². The number of para-hydroxylation sites is 2. The number of carbonyl (C=O) groups excluding carboxylic acids is 1. The van der Waals surface area contributed by atoms with Gasteiger partial charge in [0.2, 0.25) is 0 Å². The number of hydrogen-bond acceptors (Lipinski definition) is 4. The first kappa shape index (κ1) is 22.0. The maximum atomic E-state index is 13.8. The zero-order valence-corrected chi connectivity index (χ0v) is 18.8. The minimum absolute atomic E-state index is 0.111. The number of fused-ring (bicyclic) bond motifs is 1. The van der Waals surface area contributed by atoms with Crippen molar-refractivity contribution in [2.45, 2.75) is 18.6 Å². The van der Waals surface area contributed by atoms with E-state index in [1.54, 1.807) is 6.07 Å². The Morgan fingerprint density at radius 3 is 2.72 bits per heavy atom. The molecule has 0 aliphatic rings. The number of hydrazone groups is 1. The Kier molecular flexibility index (Phi) is 6.87. The van der Waals surface area contributed by atoms with Gasteiger partial charge in [0.1, 0.15) is 5.82 Å².